The highest BCUT2D eigenvalue weighted by atomic mass is 32.2. The van der Waals surface area contributed by atoms with Crippen LogP contribution < -0.4 is 10.5 Å². The third kappa shape index (κ3) is 3.20. The zero-order valence-electron chi connectivity index (χ0n) is 12.2. The van der Waals surface area contributed by atoms with Crippen molar-refractivity contribution in [1.82, 2.24) is 5.32 Å². The van der Waals surface area contributed by atoms with Crippen LogP contribution in [0, 0.1) is 0 Å². The summed E-state index contributed by atoms with van der Waals surface area (Å²) in [5.74, 6) is -0.399. The predicted octanol–water partition coefficient (Wildman–Crippen LogP) is 1.31. The van der Waals surface area contributed by atoms with Crippen molar-refractivity contribution in [2.24, 2.45) is 5.14 Å². The van der Waals surface area contributed by atoms with Gasteiger partial charge >= 0.3 is 0 Å². The van der Waals surface area contributed by atoms with Gasteiger partial charge in [-0.2, -0.15) is 0 Å². The highest BCUT2D eigenvalue weighted by molar-refractivity contribution is 7.89. The summed E-state index contributed by atoms with van der Waals surface area (Å²) < 4.78 is 23.0. The molecule has 4 N–H and O–H groups in total. The molecule has 23 heavy (non-hydrogen) atoms. The Labute approximate surface area is 134 Å². The second kappa shape index (κ2) is 5.68. The molecular weight excluding hydrogens is 316 g/mol. The largest absolute Gasteiger partial charge is 0.508 e. The van der Waals surface area contributed by atoms with Gasteiger partial charge in [-0.3, -0.25) is 4.79 Å². The summed E-state index contributed by atoms with van der Waals surface area (Å²) in [6.45, 7) is 0.648. The van der Waals surface area contributed by atoms with E-state index in [1.165, 1.54) is 12.1 Å². The summed E-state index contributed by atoms with van der Waals surface area (Å²) in [7, 11) is -3.91. The van der Waals surface area contributed by atoms with Gasteiger partial charge in [0.25, 0.3) is 0 Å². The number of amides is 1. The Morgan fingerprint density at radius 3 is 2.57 bits per heavy atom. The molecule has 0 saturated carbocycles. The summed E-state index contributed by atoms with van der Waals surface area (Å²) in [6.07, 6.45) is 0.727. The Bertz CT molecular complexity index is 877. The highest BCUT2D eigenvalue weighted by Crippen LogP contribution is 2.31. The molecule has 0 aliphatic carbocycles. The molecule has 0 radical (unpaired) electrons. The van der Waals surface area contributed by atoms with E-state index in [1.54, 1.807) is 12.1 Å². The van der Waals surface area contributed by atoms with Gasteiger partial charge in [-0.1, -0.05) is 24.3 Å². The summed E-state index contributed by atoms with van der Waals surface area (Å²) in [5.41, 5.74) is 2.09. The summed E-state index contributed by atoms with van der Waals surface area (Å²) in [5, 5.41) is 17.7. The molecule has 1 saturated heterocycles. The van der Waals surface area contributed by atoms with Crippen molar-refractivity contribution in [3.05, 3.63) is 48.0 Å². The van der Waals surface area contributed by atoms with Crippen molar-refractivity contribution in [2.75, 3.05) is 6.54 Å². The van der Waals surface area contributed by atoms with E-state index in [-0.39, 0.29) is 22.5 Å². The molecule has 1 aliphatic rings. The third-order valence-corrected chi connectivity index (χ3v) is 4.78. The van der Waals surface area contributed by atoms with Crippen molar-refractivity contribution in [1.29, 1.82) is 0 Å². The lowest BCUT2D eigenvalue weighted by Crippen LogP contribution is -2.17. The number of aromatic hydroxyl groups is 1. The van der Waals surface area contributed by atoms with E-state index in [9.17, 15) is 18.3 Å². The maximum absolute atomic E-state index is 11.8. The number of carbonyl (C=O) groups is 1. The molecule has 120 valence electrons. The first-order valence-electron chi connectivity index (χ1n) is 7.09. The van der Waals surface area contributed by atoms with Gasteiger partial charge in [-0.25, -0.2) is 13.6 Å². The predicted molar refractivity (Wildman–Crippen MR) is 85.3 cm³/mol. The number of nitrogens with two attached hydrogens (primary N) is 1. The Kier molecular flexibility index (Phi) is 3.83. The first-order chi connectivity index (χ1) is 10.8. The molecule has 1 fully saturated rings. The number of sulfonamides is 1. The van der Waals surface area contributed by atoms with Gasteiger partial charge in [-0.05, 0) is 41.3 Å². The van der Waals surface area contributed by atoms with Crippen LogP contribution in [0.2, 0.25) is 0 Å². The summed E-state index contributed by atoms with van der Waals surface area (Å²) in [6, 6.07) is 11.3. The number of carbonyl (C=O) groups excluding carboxylic acids is 1. The van der Waals surface area contributed by atoms with Gasteiger partial charge in [0.15, 0.2) is 0 Å². The average molecular weight is 332 g/mol. The molecule has 1 unspecified atom stereocenters. The molecule has 1 amide bonds. The van der Waals surface area contributed by atoms with E-state index in [0.29, 0.717) is 17.7 Å². The van der Waals surface area contributed by atoms with Gasteiger partial charge in [0, 0.05) is 6.54 Å². The molecule has 1 heterocycles. The Balaban J connectivity index is 2.06. The smallest absolute Gasteiger partial charge is 0.238 e. The summed E-state index contributed by atoms with van der Waals surface area (Å²) >= 11 is 0. The van der Waals surface area contributed by atoms with Gasteiger partial charge in [-0.15, -0.1) is 0 Å². The van der Waals surface area contributed by atoms with Crippen molar-refractivity contribution in [3.63, 3.8) is 0 Å². The molecule has 2 aromatic carbocycles. The van der Waals surface area contributed by atoms with Gasteiger partial charge in [0.2, 0.25) is 15.9 Å². The van der Waals surface area contributed by atoms with Crippen molar-refractivity contribution in [2.45, 2.75) is 17.2 Å². The van der Waals surface area contributed by atoms with Crippen molar-refractivity contribution in [3.8, 4) is 16.9 Å². The van der Waals surface area contributed by atoms with Gasteiger partial charge in [0.1, 0.15) is 5.75 Å². The number of hydrogen-bond donors (Lipinski definition) is 3. The quantitative estimate of drug-likeness (QED) is 0.787. The second-order valence-electron chi connectivity index (χ2n) is 5.52. The van der Waals surface area contributed by atoms with Crippen molar-refractivity contribution < 1.29 is 18.3 Å². The first kappa shape index (κ1) is 15.5. The lowest BCUT2D eigenvalue weighted by molar-refractivity contribution is -0.120. The molecule has 1 atom stereocenters. The molecule has 0 spiro atoms. The van der Waals surface area contributed by atoms with Gasteiger partial charge in [0.05, 0.1) is 10.8 Å². The standard InChI is InChI=1S/C16H16N2O4S/c17-23(21,22)14-8-12(7-13(19)9-14)10-2-1-3-11(6-10)15-4-5-18-16(15)20/h1-3,6-9,15,19H,4-5H2,(H,18,20)(H2,17,21,22). The van der Waals surface area contributed by atoms with E-state index in [0.717, 1.165) is 18.1 Å². The number of phenolic OH excluding ortho intramolecular Hbond substituents is 1. The zero-order valence-corrected chi connectivity index (χ0v) is 13.0. The zero-order chi connectivity index (χ0) is 16.6. The fourth-order valence-electron chi connectivity index (χ4n) is 2.76. The van der Waals surface area contributed by atoms with Gasteiger partial charge < -0.3 is 10.4 Å². The first-order valence-corrected chi connectivity index (χ1v) is 8.64. The van der Waals surface area contributed by atoms with Crippen LogP contribution in [0.5, 0.6) is 5.75 Å². The lowest BCUT2D eigenvalue weighted by Gasteiger charge is -2.11. The number of primary sulfonamides is 1. The fraction of sp³-hybridized carbons (Fsp3) is 0.188. The topological polar surface area (TPSA) is 109 Å². The monoisotopic (exact) mass is 332 g/mol. The van der Waals surface area contributed by atoms with E-state index in [1.807, 2.05) is 12.1 Å². The van der Waals surface area contributed by atoms with E-state index in [2.05, 4.69) is 5.32 Å². The normalized spacial score (nSPS) is 18.0. The third-order valence-electron chi connectivity index (χ3n) is 3.89. The maximum Gasteiger partial charge on any atom is 0.238 e. The van der Waals surface area contributed by atoms with Crippen LogP contribution in [0.15, 0.2) is 47.4 Å². The highest BCUT2D eigenvalue weighted by Gasteiger charge is 2.25. The maximum atomic E-state index is 11.8. The van der Waals surface area contributed by atoms with Crippen molar-refractivity contribution >= 4 is 15.9 Å². The molecule has 7 heteroatoms. The minimum Gasteiger partial charge on any atom is -0.508 e. The molecule has 2 aromatic rings. The van der Waals surface area contributed by atoms with Crippen LogP contribution in [-0.4, -0.2) is 26.0 Å². The van der Waals surface area contributed by atoms with E-state index in [4.69, 9.17) is 5.14 Å². The van der Waals surface area contributed by atoms with E-state index < -0.39 is 10.0 Å². The van der Waals surface area contributed by atoms with Crippen LogP contribution in [0.4, 0.5) is 0 Å². The van der Waals surface area contributed by atoms with Crippen LogP contribution in [0.25, 0.3) is 11.1 Å². The fourth-order valence-corrected chi connectivity index (χ4v) is 3.34. The van der Waals surface area contributed by atoms with E-state index >= 15 is 0 Å². The van der Waals surface area contributed by atoms with Crippen LogP contribution in [-0.2, 0) is 14.8 Å². The number of nitrogens with one attached hydrogen (secondary N) is 1. The molecule has 6 nitrogen and oxygen atoms in total. The number of hydrogen-bond acceptors (Lipinski definition) is 4. The summed E-state index contributed by atoms with van der Waals surface area (Å²) in [4.78, 5) is 11.7. The minimum atomic E-state index is -3.91. The molecule has 0 bridgehead atoms. The van der Waals surface area contributed by atoms with Crippen LogP contribution in [0.3, 0.4) is 0 Å². The van der Waals surface area contributed by atoms with Crippen LogP contribution in [0.1, 0.15) is 17.9 Å². The lowest BCUT2D eigenvalue weighted by atomic mass is 9.94. The molecule has 0 aromatic heterocycles. The minimum absolute atomic E-state index is 0.0108. The Morgan fingerprint density at radius 2 is 1.91 bits per heavy atom. The molecule has 3 rings (SSSR count). The number of benzene rings is 2. The Morgan fingerprint density at radius 1 is 1.13 bits per heavy atom. The molecular formula is C16H16N2O4S. The second-order valence-corrected chi connectivity index (χ2v) is 7.08. The number of rotatable bonds is 3. The number of phenols is 1. The molecule has 1 aliphatic heterocycles. The average Bonchev–Trinajstić information content (AvgIpc) is 2.92. The Hall–Kier alpha value is -2.38. The van der Waals surface area contributed by atoms with Crippen LogP contribution >= 0.6 is 0 Å². The SMILES string of the molecule is NS(=O)(=O)c1cc(O)cc(-c2cccc(C3CCNC3=O)c2)c1.